The third-order valence-corrected chi connectivity index (χ3v) is 3.74. The molecule has 1 aromatic heterocycles. The number of aromatic nitrogens is 1. The predicted molar refractivity (Wildman–Crippen MR) is 77.4 cm³/mol. The van der Waals surface area contributed by atoms with Crippen LogP contribution in [0.2, 0.25) is 0 Å². The van der Waals surface area contributed by atoms with Crippen molar-refractivity contribution in [2.45, 2.75) is 25.5 Å². The lowest BCUT2D eigenvalue weighted by Crippen LogP contribution is -2.25. The molecule has 1 unspecified atom stereocenters. The Balaban J connectivity index is 2.12. The van der Waals surface area contributed by atoms with E-state index in [1.165, 1.54) is 6.21 Å². The fourth-order valence-corrected chi connectivity index (χ4v) is 1.87. The van der Waals surface area contributed by atoms with Gasteiger partial charge in [-0.25, -0.2) is 0 Å². The van der Waals surface area contributed by atoms with Crippen LogP contribution >= 0.6 is 0 Å². The maximum absolute atomic E-state index is 11.8. The molecule has 19 heavy (non-hydrogen) atoms. The first-order valence-electron chi connectivity index (χ1n) is 5.95. The van der Waals surface area contributed by atoms with Gasteiger partial charge in [0.15, 0.2) is 5.76 Å². The van der Waals surface area contributed by atoms with Gasteiger partial charge in [0, 0.05) is 11.6 Å². The van der Waals surface area contributed by atoms with Gasteiger partial charge in [-0.3, -0.25) is 0 Å². The highest BCUT2D eigenvalue weighted by atomic mass is 32.2. The molecule has 2 rings (SSSR count). The monoisotopic (exact) mass is 276 g/mol. The summed E-state index contributed by atoms with van der Waals surface area (Å²) in [7, 11) is 0. The molecule has 0 spiro atoms. The molecule has 1 atom stereocenters. The van der Waals surface area contributed by atoms with E-state index in [9.17, 15) is 4.55 Å². The predicted octanol–water partition coefficient (Wildman–Crippen LogP) is 3.22. The SMILES string of the molecule is CC(C)(C)[S+]([O-])N=Cc1cc(-c2ccccc2)on1. The first-order chi connectivity index (χ1) is 8.97. The van der Waals surface area contributed by atoms with Gasteiger partial charge in [-0.1, -0.05) is 39.9 Å². The molecule has 0 amide bonds. The fourth-order valence-electron chi connectivity index (χ4n) is 1.35. The van der Waals surface area contributed by atoms with Crippen molar-refractivity contribution in [3.05, 3.63) is 42.1 Å². The Kier molecular flexibility index (Phi) is 4.07. The standard InChI is InChI=1S/C14H16N2O2S/c1-14(2,3)19(17)15-10-12-9-13(18-16-12)11-7-5-4-6-8-11/h4-10H,1-3H3. The normalized spacial score (nSPS) is 13.9. The Hall–Kier alpha value is -1.59. The first-order valence-corrected chi connectivity index (χ1v) is 7.06. The van der Waals surface area contributed by atoms with Crippen LogP contribution in [0.5, 0.6) is 0 Å². The molecule has 0 saturated carbocycles. The molecule has 0 saturated heterocycles. The van der Waals surface area contributed by atoms with Crippen molar-refractivity contribution >= 4 is 17.6 Å². The van der Waals surface area contributed by atoms with E-state index in [0.29, 0.717) is 11.5 Å². The summed E-state index contributed by atoms with van der Waals surface area (Å²) in [6, 6.07) is 11.5. The summed E-state index contributed by atoms with van der Waals surface area (Å²) >= 11 is -1.29. The quantitative estimate of drug-likeness (QED) is 0.638. The summed E-state index contributed by atoms with van der Waals surface area (Å²) in [5.41, 5.74) is 1.52. The fraction of sp³-hybridized carbons (Fsp3) is 0.286. The molecule has 0 aliphatic heterocycles. The zero-order valence-corrected chi connectivity index (χ0v) is 12.0. The molecule has 1 heterocycles. The minimum Gasteiger partial charge on any atom is -0.591 e. The van der Waals surface area contributed by atoms with E-state index in [1.54, 1.807) is 6.07 Å². The van der Waals surface area contributed by atoms with E-state index < -0.39 is 11.4 Å². The molecule has 5 heteroatoms. The molecule has 0 N–H and O–H groups in total. The zero-order chi connectivity index (χ0) is 13.9. The van der Waals surface area contributed by atoms with Crippen LogP contribution < -0.4 is 0 Å². The van der Waals surface area contributed by atoms with Crippen LogP contribution in [0.3, 0.4) is 0 Å². The van der Waals surface area contributed by atoms with E-state index in [-0.39, 0.29) is 4.75 Å². The third-order valence-electron chi connectivity index (χ3n) is 2.39. The summed E-state index contributed by atoms with van der Waals surface area (Å²) in [6.07, 6.45) is 1.48. The molecule has 0 fully saturated rings. The van der Waals surface area contributed by atoms with Gasteiger partial charge >= 0.3 is 0 Å². The highest BCUT2D eigenvalue weighted by molar-refractivity contribution is 7.91. The van der Waals surface area contributed by atoms with Gasteiger partial charge < -0.3 is 9.08 Å². The largest absolute Gasteiger partial charge is 0.591 e. The molecule has 1 aromatic carbocycles. The molecule has 2 aromatic rings. The summed E-state index contributed by atoms with van der Waals surface area (Å²) in [5, 5.41) is 3.89. The van der Waals surface area contributed by atoms with Gasteiger partial charge in [0.25, 0.3) is 0 Å². The van der Waals surface area contributed by atoms with Crippen LogP contribution in [0.4, 0.5) is 0 Å². The molecule has 0 aliphatic rings. The number of nitrogens with zero attached hydrogens (tertiary/aromatic N) is 2. The smallest absolute Gasteiger partial charge is 0.167 e. The Labute approximate surface area is 115 Å². The Morgan fingerprint density at radius 3 is 2.58 bits per heavy atom. The van der Waals surface area contributed by atoms with Gasteiger partial charge in [-0.15, -0.1) is 0 Å². The highest BCUT2D eigenvalue weighted by Crippen LogP contribution is 2.20. The lowest BCUT2D eigenvalue weighted by atomic mass is 10.2. The van der Waals surface area contributed by atoms with Gasteiger partial charge in [-0.2, -0.15) is 0 Å². The van der Waals surface area contributed by atoms with Gasteiger partial charge in [0.1, 0.15) is 28.0 Å². The number of rotatable bonds is 3. The van der Waals surface area contributed by atoms with Crippen LogP contribution in [0.15, 0.2) is 45.3 Å². The van der Waals surface area contributed by atoms with Crippen LogP contribution in [-0.2, 0) is 11.4 Å². The summed E-state index contributed by atoms with van der Waals surface area (Å²) < 4.78 is 20.6. The second kappa shape index (κ2) is 5.59. The minimum atomic E-state index is -1.29. The van der Waals surface area contributed by atoms with Crippen LogP contribution in [0.25, 0.3) is 11.3 Å². The van der Waals surface area contributed by atoms with E-state index in [1.807, 2.05) is 51.1 Å². The lowest BCUT2D eigenvalue weighted by molar-refractivity contribution is 0.431. The molecule has 4 nitrogen and oxygen atoms in total. The average Bonchev–Trinajstić information content (AvgIpc) is 2.84. The minimum absolute atomic E-state index is 0.373. The van der Waals surface area contributed by atoms with E-state index in [0.717, 1.165) is 5.56 Å². The van der Waals surface area contributed by atoms with Crippen molar-refractivity contribution in [2.24, 2.45) is 4.40 Å². The molecule has 0 bridgehead atoms. The van der Waals surface area contributed by atoms with Gasteiger partial charge in [0.05, 0.1) is 0 Å². The van der Waals surface area contributed by atoms with Crippen molar-refractivity contribution in [1.29, 1.82) is 0 Å². The van der Waals surface area contributed by atoms with Crippen LogP contribution in [0, 0.1) is 0 Å². The van der Waals surface area contributed by atoms with Crippen molar-refractivity contribution in [2.75, 3.05) is 0 Å². The topological polar surface area (TPSA) is 61.5 Å². The Morgan fingerprint density at radius 2 is 1.95 bits per heavy atom. The van der Waals surface area contributed by atoms with Crippen molar-refractivity contribution in [3.8, 4) is 11.3 Å². The summed E-state index contributed by atoms with van der Waals surface area (Å²) in [5.74, 6) is 0.670. The van der Waals surface area contributed by atoms with Crippen LogP contribution in [-0.4, -0.2) is 20.7 Å². The van der Waals surface area contributed by atoms with Crippen molar-refractivity contribution < 1.29 is 9.08 Å². The van der Waals surface area contributed by atoms with Gasteiger partial charge in [0.2, 0.25) is 0 Å². The lowest BCUT2D eigenvalue weighted by Gasteiger charge is -2.17. The zero-order valence-electron chi connectivity index (χ0n) is 11.2. The third kappa shape index (κ3) is 3.68. The first kappa shape index (κ1) is 13.8. The Morgan fingerprint density at radius 1 is 1.26 bits per heavy atom. The summed E-state index contributed by atoms with van der Waals surface area (Å²) in [6.45, 7) is 5.62. The molecular weight excluding hydrogens is 260 g/mol. The number of hydrogen-bond donors (Lipinski definition) is 0. The maximum Gasteiger partial charge on any atom is 0.167 e. The number of benzene rings is 1. The van der Waals surface area contributed by atoms with Crippen molar-refractivity contribution in [3.63, 3.8) is 0 Å². The van der Waals surface area contributed by atoms with E-state index in [4.69, 9.17) is 4.52 Å². The second-order valence-corrected chi connectivity index (χ2v) is 7.01. The second-order valence-electron chi connectivity index (χ2n) is 5.08. The van der Waals surface area contributed by atoms with Crippen LogP contribution in [0.1, 0.15) is 26.5 Å². The maximum atomic E-state index is 11.8. The molecule has 0 aliphatic carbocycles. The molecule has 0 radical (unpaired) electrons. The van der Waals surface area contributed by atoms with Gasteiger partial charge in [-0.05, 0) is 20.8 Å². The highest BCUT2D eigenvalue weighted by Gasteiger charge is 2.25. The Bertz CT molecular complexity index is 558. The molecular formula is C14H16N2O2S. The molecule has 100 valence electrons. The average molecular weight is 276 g/mol. The van der Waals surface area contributed by atoms with E-state index in [2.05, 4.69) is 9.55 Å². The number of hydrogen-bond acceptors (Lipinski definition) is 4. The summed E-state index contributed by atoms with van der Waals surface area (Å²) in [4.78, 5) is 0. The van der Waals surface area contributed by atoms with E-state index >= 15 is 0 Å². The van der Waals surface area contributed by atoms with Crippen molar-refractivity contribution in [1.82, 2.24) is 5.16 Å².